The van der Waals surface area contributed by atoms with Crippen LogP contribution in [0.3, 0.4) is 0 Å². The number of unbranched alkanes of at least 4 members (excludes halogenated alkanes) is 1. The predicted octanol–water partition coefficient (Wildman–Crippen LogP) is 3.02. The van der Waals surface area contributed by atoms with Crippen molar-refractivity contribution in [1.29, 1.82) is 0 Å². The first-order valence-electron chi connectivity index (χ1n) is 9.81. The molecule has 1 N–H and O–H groups in total. The first kappa shape index (κ1) is 21.9. The second-order valence-corrected chi connectivity index (χ2v) is 9.94. The van der Waals surface area contributed by atoms with E-state index in [0.717, 1.165) is 25.9 Å². The van der Waals surface area contributed by atoms with Crippen molar-refractivity contribution in [2.75, 3.05) is 38.5 Å². The molecular weight excluding hydrogens is 362 g/mol. The molecule has 6 nitrogen and oxygen atoms in total. The fourth-order valence-electron chi connectivity index (χ4n) is 3.72. The van der Waals surface area contributed by atoms with Gasteiger partial charge in [0.05, 0.1) is 11.4 Å². The summed E-state index contributed by atoms with van der Waals surface area (Å²) in [5.41, 5.74) is 0.619. The molecule has 0 aliphatic carbocycles. The van der Waals surface area contributed by atoms with Gasteiger partial charge in [-0.15, -0.1) is 0 Å². The van der Waals surface area contributed by atoms with Crippen LogP contribution in [0.2, 0.25) is 0 Å². The number of carbonyl (C=O) groups is 1. The van der Waals surface area contributed by atoms with Crippen LogP contribution in [0.4, 0.5) is 5.69 Å². The maximum absolute atomic E-state index is 12.5. The number of nitrogens with zero attached hydrogens (tertiary/aromatic N) is 2. The molecule has 0 saturated carbocycles. The lowest BCUT2D eigenvalue weighted by atomic mass is 9.92. The van der Waals surface area contributed by atoms with Gasteiger partial charge in [-0.25, -0.2) is 12.7 Å². The van der Waals surface area contributed by atoms with Crippen molar-refractivity contribution in [3.05, 3.63) is 24.3 Å². The monoisotopic (exact) mass is 395 g/mol. The van der Waals surface area contributed by atoms with Crippen LogP contribution >= 0.6 is 0 Å². The van der Waals surface area contributed by atoms with Crippen molar-refractivity contribution in [2.24, 2.45) is 11.8 Å². The number of rotatable bonds is 8. The van der Waals surface area contributed by atoms with E-state index in [0.29, 0.717) is 30.6 Å². The van der Waals surface area contributed by atoms with Gasteiger partial charge in [-0.05, 0) is 48.9 Å². The Bertz CT molecular complexity index is 708. The summed E-state index contributed by atoms with van der Waals surface area (Å²) in [7, 11) is -1.88. The minimum absolute atomic E-state index is 0.0630. The van der Waals surface area contributed by atoms with Crippen LogP contribution in [-0.4, -0.2) is 56.8 Å². The molecule has 0 radical (unpaired) electrons. The van der Waals surface area contributed by atoms with Crippen LogP contribution in [0.25, 0.3) is 0 Å². The quantitative estimate of drug-likeness (QED) is 0.735. The van der Waals surface area contributed by atoms with Gasteiger partial charge in [-0.3, -0.25) is 9.69 Å². The summed E-state index contributed by atoms with van der Waals surface area (Å²) < 4.78 is 26.4. The first-order chi connectivity index (χ1) is 12.7. The number of sulfonamides is 1. The summed E-state index contributed by atoms with van der Waals surface area (Å²) in [4.78, 5) is 14.8. The Labute approximate surface area is 164 Å². The van der Waals surface area contributed by atoms with Crippen LogP contribution in [0.5, 0.6) is 0 Å². The number of nitrogens with one attached hydrogen (secondary N) is 1. The maximum Gasteiger partial charge on any atom is 0.242 e. The number of amides is 1. The van der Waals surface area contributed by atoms with Crippen LogP contribution in [0.1, 0.15) is 40.0 Å². The van der Waals surface area contributed by atoms with E-state index in [1.54, 1.807) is 31.3 Å². The normalized spacial score (nSPS) is 21.4. The summed E-state index contributed by atoms with van der Waals surface area (Å²) in [5.74, 6) is 1.15. The van der Waals surface area contributed by atoms with Gasteiger partial charge in [0.25, 0.3) is 0 Å². The van der Waals surface area contributed by atoms with Crippen molar-refractivity contribution in [3.63, 3.8) is 0 Å². The minimum Gasteiger partial charge on any atom is -0.325 e. The molecule has 1 saturated heterocycles. The summed E-state index contributed by atoms with van der Waals surface area (Å²) in [5, 5.41) is 2.87. The van der Waals surface area contributed by atoms with E-state index in [2.05, 4.69) is 24.1 Å². The van der Waals surface area contributed by atoms with Gasteiger partial charge in [0.15, 0.2) is 0 Å². The molecule has 27 heavy (non-hydrogen) atoms. The fourth-order valence-corrected chi connectivity index (χ4v) is 4.93. The van der Waals surface area contributed by atoms with Crippen molar-refractivity contribution in [3.8, 4) is 0 Å². The number of piperidine rings is 1. The van der Waals surface area contributed by atoms with Crippen LogP contribution in [0.15, 0.2) is 29.2 Å². The average molecular weight is 396 g/mol. The van der Waals surface area contributed by atoms with Crippen molar-refractivity contribution >= 4 is 21.6 Å². The molecule has 0 aromatic heterocycles. The zero-order valence-corrected chi connectivity index (χ0v) is 17.8. The van der Waals surface area contributed by atoms with Gasteiger partial charge in [-0.2, -0.15) is 0 Å². The predicted molar refractivity (Wildman–Crippen MR) is 109 cm³/mol. The molecule has 1 aromatic rings. The third-order valence-corrected chi connectivity index (χ3v) is 6.86. The van der Waals surface area contributed by atoms with Gasteiger partial charge in [0, 0.05) is 32.4 Å². The molecular formula is C20H33N3O3S. The number of likely N-dealkylation sites (tertiary alicyclic amines) is 1. The van der Waals surface area contributed by atoms with Gasteiger partial charge < -0.3 is 5.32 Å². The topological polar surface area (TPSA) is 69.7 Å². The Balaban J connectivity index is 1.94. The highest BCUT2D eigenvalue weighted by Gasteiger charge is 2.23. The highest BCUT2D eigenvalue weighted by molar-refractivity contribution is 7.89. The summed E-state index contributed by atoms with van der Waals surface area (Å²) in [6.07, 6.45) is 2.98. The molecule has 1 amide bonds. The van der Waals surface area contributed by atoms with E-state index in [-0.39, 0.29) is 10.8 Å². The Kier molecular flexibility index (Phi) is 7.82. The number of benzene rings is 1. The Hall–Kier alpha value is -1.44. The fraction of sp³-hybridized carbons (Fsp3) is 0.650. The lowest BCUT2D eigenvalue weighted by Gasteiger charge is -2.34. The average Bonchev–Trinajstić information content (AvgIpc) is 2.59. The number of hydrogen-bond acceptors (Lipinski definition) is 4. The second-order valence-electron chi connectivity index (χ2n) is 7.89. The number of anilines is 1. The van der Waals surface area contributed by atoms with E-state index in [1.165, 1.54) is 10.7 Å². The molecule has 2 atom stereocenters. The van der Waals surface area contributed by atoms with E-state index in [1.807, 2.05) is 6.92 Å². The zero-order chi connectivity index (χ0) is 20.0. The highest BCUT2D eigenvalue weighted by Crippen LogP contribution is 2.21. The zero-order valence-electron chi connectivity index (χ0n) is 16.9. The van der Waals surface area contributed by atoms with Gasteiger partial charge >= 0.3 is 0 Å². The van der Waals surface area contributed by atoms with E-state index in [4.69, 9.17) is 0 Å². The third kappa shape index (κ3) is 6.30. The van der Waals surface area contributed by atoms with Crippen LogP contribution < -0.4 is 5.32 Å². The minimum atomic E-state index is -3.48. The molecule has 1 aliphatic heterocycles. The van der Waals surface area contributed by atoms with Crippen LogP contribution in [-0.2, 0) is 14.8 Å². The molecule has 152 valence electrons. The molecule has 1 aliphatic rings. The second kappa shape index (κ2) is 9.66. The first-order valence-corrected chi connectivity index (χ1v) is 11.2. The lowest BCUT2D eigenvalue weighted by Crippen LogP contribution is -2.42. The Morgan fingerprint density at radius 3 is 2.33 bits per heavy atom. The molecule has 1 fully saturated rings. The largest absolute Gasteiger partial charge is 0.325 e. The van der Waals surface area contributed by atoms with Gasteiger partial charge in [0.1, 0.15) is 0 Å². The van der Waals surface area contributed by atoms with E-state index < -0.39 is 10.0 Å². The van der Waals surface area contributed by atoms with E-state index >= 15 is 0 Å². The molecule has 0 unspecified atom stereocenters. The number of hydrogen-bond donors (Lipinski definition) is 1. The summed E-state index contributed by atoms with van der Waals surface area (Å²) in [6, 6.07) is 6.41. The molecule has 1 heterocycles. The van der Waals surface area contributed by atoms with Crippen LogP contribution in [0, 0.1) is 11.8 Å². The Morgan fingerprint density at radius 1 is 1.19 bits per heavy atom. The molecule has 7 heteroatoms. The van der Waals surface area contributed by atoms with Gasteiger partial charge in [0.2, 0.25) is 15.9 Å². The standard InChI is InChI=1S/C20H33N3O3S/c1-5-6-11-22(4)27(25,26)19-9-7-18(8-10-19)21-20(24)15-23-13-16(2)12-17(3)14-23/h7-10,16-17H,5-6,11-15H2,1-4H3,(H,21,24)/t16-,17-/m0/s1. The van der Waals surface area contributed by atoms with Crippen molar-refractivity contribution < 1.29 is 13.2 Å². The molecule has 0 bridgehead atoms. The summed E-state index contributed by atoms with van der Waals surface area (Å²) >= 11 is 0. The molecule has 1 aromatic carbocycles. The lowest BCUT2D eigenvalue weighted by molar-refractivity contribution is -0.117. The van der Waals surface area contributed by atoms with Crippen molar-refractivity contribution in [2.45, 2.75) is 44.9 Å². The number of carbonyl (C=O) groups excluding carboxylic acids is 1. The molecule has 0 spiro atoms. The molecule has 2 rings (SSSR count). The SMILES string of the molecule is CCCCN(C)S(=O)(=O)c1ccc(NC(=O)CN2C[C@@H](C)C[C@H](C)C2)cc1. The third-order valence-electron chi connectivity index (χ3n) is 4.98. The highest BCUT2D eigenvalue weighted by atomic mass is 32.2. The van der Waals surface area contributed by atoms with Crippen molar-refractivity contribution in [1.82, 2.24) is 9.21 Å². The smallest absolute Gasteiger partial charge is 0.242 e. The van der Waals surface area contributed by atoms with E-state index in [9.17, 15) is 13.2 Å². The van der Waals surface area contributed by atoms with Gasteiger partial charge in [-0.1, -0.05) is 27.2 Å². The maximum atomic E-state index is 12.5. The Morgan fingerprint density at radius 2 is 1.78 bits per heavy atom. The summed E-state index contributed by atoms with van der Waals surface area (Å²) in [6.45, 7) is 9.23.